The lowest BCUT2D eigenvalue weighted by atomic mass is 9.84. The van der Waals surface area contributed by atoms with Gasteiger partial charge < -0.3 is 15.4 Å². The molecule has 0 saturated carbocycles. The third-order valence-electron chi connectivity index (χ3n) is 5.43. The lowest BCUT2D eigenvalue weighted by Crippen LogP contribution is -2.54. The van der Waals surface area contributed by atoms with Crippen LogP contribution in [0.25, 0.3) is 0 Å². The van der Waals surface area contributed by atoms with E-state index in [1.165, 1.54) is 32.2 Å². The van der Waals surface area contributed by atoms with Gasteiger partial charge in [0.05, 0.1) is 7.11 Å². The first kappa shape index (κ1) is 24.6. The van der Waals surface area contributed by atoms with E-state index in [9.17, 15) is 18.8 Å². The van der Waals surface area contributed by atoms with Gasteiger partial charge in [0.15, 0.2) is 0 Å². The average Bonchev–Trinajstić information content (AvgIpc) is 2.84. The number of esters is 1. The van der Waals surface area contributed by atoms with Crippen molar-refractivity contribution in [3.8, 4) is 0 Å². The third kappa shape index (κ3) is 6.51. The maximum Gasteiger partial charge on any atom is 0.329 e. The summed E-state index contributed by atoms with van der Waals surface area (Å²) in [6, 6.07) is 22.4. The summed E-state index contributed by atoms with van der Waals surface area (Å²) in [5.74, 6) is -2.61. The van der Waals surface area contributed by atoms with Crippen LogP contribution in [0.2, 0.25) is 0 Å². The first-order chi connectivity index (χ1) is 16.4. The summed E-state index contributed by atoms with van der Waals surface area (Å²) >= 11 is 0. The highest BCUT2D eigenvalue weighted by Crippen LogP contribution is 2.29. The lowest BCUT2D eigenvalue weighted by molar-refractivity contribution is -0.145. The van der Waals surface area contributed by atoms with Crippen LogP contribution < -0.4 is 10.6 Å². The topological polar surface area (TPSA) is 84.5 Å². The predicted molar refractivity (Wildman–Crippen MR) is 126 cm³/mol. The van der Waals surface area contributed by atoms with Gasteiger partial charge in [-0.2, -0.15) is 0 Å². The number of amides is 2. The lowest BCUT2D eigenvalue weighted by Gasteiger charge is -2.29. The van der Waals surface area contributed by atoms with Crippen molar-refractivity contribution >= 4 is 17.8 Å². The van der Waals surface area contributed by atoms with E-state index in [1.54, 1.807) is 6.07 Å². The predicted octanol–water partition coefficient (Wildman–Crippen LogP) is 3.36. The zero-order chi connectivity index (χ0) is 24.5. The molecule has 2 atom stereocenters. The summed E-state index contributed by atoms with van der Waals surface area (Å²) in [6.07, 6.45) is 0.0540. The number of rotatable bonds is 9. The molecule has 2 N–H and O–H groups in total. The van der Waals surface area contributed by atoms with Gasteiger partial charge in [-0.05, 0) is 28.8 Å². The van der Waals surface area contributed by atoms with E-state index in [0.29, 0.717) is 5.56 Å². The van der Waals surface area contributed by atoms with Crippen LogP contribution in [0.4, 0.5) is 4.39 Å². The molecule has 7 heteroatoms. The van der Waals surface area contributed by atoms with Crippen molar-refractivity contribution < 1.29 is 23.5 Å². The van der Waals surface area contributed by atoms with Gasteiger partial charge in [-0.1, -0.05) is 72.8 Å². The Labute approximate surface area is 198 Å². The molecule has 0 aliphatic carbocycles. The molecule has 3 aromatic rings. The molecule has 0 aromatic heterocycles. The van der Waals surface area contributed by atoms with Crippen molar-refractivity contribution in [3.63, 3.8) is 0 Å². The third-order valence-corrected chi connectivity index (χ3v) is 5.43. The second-order valence-electron chi connectivity index (χ2n) is 7.90. The summed E-state index contributed by atoms with van der Waals surface area (Å²) in [5, 5.41) is 5.39. The van der Waals surface area contributed by atoms with Gasteiger partial charge in [-0.15, -0.1) is 0 Å². The van der Waals surface area contributed by atoms with E-state index in [1.807, 2.05) is 60.7 Å². The molecule has 0 aliphatic heterocycles. The zero-order valence-electron chi connectivity index (χ0n) is 19.0. The molecule has 0 heterocycles. The maximum absolute atomic E-state index is 13.7. The average molecular weight is 463 g/mol. The number of carbonyl (C=O) groups is 3. The Balaban J connectivity index is 1.95. The van der Waals surface area contributed by atoms with E-state index in [2.05, 4.69) is 10.6 Å². The minimum absolute atomic E-state index is 0.0540. The number of methoxy groups -OCH3 is 1. The molecule has 0 bridgehead atoms. The summed E-state index contributed by atoms with van der Waals surface area (Å²) in [4.78, 5) is 38.1. The van der Waals surface area contributed by atoms with Crippen LogP contribution in [0, 0.1) is 5.82 Å². The molecule has 0 saturated heterocycles. The van der Waals surface area contributed by atoms with E-state index in [0.717, 1.165) is 11.1 Å². The van der Waals surface area contributed by atoms with Crippen LogP contribution in [0.15, 0.2) is 84.9 Å². The van der Waals surface area contributed by atoms with Crippen molar-refractivity contribution in [2.45, 2.75) is 31.3 Å². The summed E-state index contributed by atoms with van der Waals surface area (Å²) in [5.41, 5.74) is 2.16. The normalized spacial score (nSPS) is 12.5. The largest absolute Gasteiger partial charge is 0.467 e. The second-order valence-corrected chi connectivity index (χ2v) is 7.90. The van der Waals surface area contributed by atoms with Crippen molar-refractivity contribution in [2.75, 3.05) is 7.11 Å². The molecule has 0 spiro atoms. The van der Waals surface area contributed by atoms with Crippen molar-refractivity contribution in [2.24, 2.45) is 0 Å². The Morgan fingerprint density at radius 2 is 1.44 bits per heavy atom. The Morgan fingerprint density at radius 1 is 0.853 bits per heavy atom. The van der Waals surface area contributed by atoms with E-state index < -0.39 is 41.6 Å². The van der Waals surface area contributed by atoms with E-state index in [-0.39, 0.29) is 6.42 Å². The fourth-order valence-electron chi connectivity index (χ4n) is 3.91. The summed E-state index contributed by atoms with van der Waals surface area (Å²) in [6.45, 7) is 1.29. The highest BCUT2D eigenvalue weighted by molar-refractivity contribution is 5.91. The quantitative estimate of drug-likeness (QED) is 0.478. The summed E-state index contributed by atoms with van der Waals surface area (Å²) in [7, 11) is 1.26. The van der Waals surface area contributed by atoms with Crippen molar-refractivity contribution in [1.82, 2.24) is 10.6 Å². The first-order valence-corrected chi connectivity index (χ1v) is 10.9. The van der Waals surface area contributed by atoms with E-state index in [4.69, 9.17) is 4.74 Å². The molecule has 0 fully saturated rings. The molecule has 2 amide bonds. The van der Waals surface area contributed by atoms with Crippen molar-refractivity contribution in [3.05, 3.63) is 107 Å². The minimum atomic E-state index is -1.06. The monoisotopic (exact) mass is 462 g/mol. The number of hydrogen-bond acceptors (Lipinski definition) is 4. The number of carbonyl (C=O) groups excluding carboxylic acids is 3. The molecule has 0 radical (unpaired) electrons. The fourth-order valence-corrected chi connectivity index (χ4v) is 3.91. The number of nitrogens with one attached hydrogen (secondary N) is 2. The Kier molecular flexibility index (Phi) is 8.51. The first-order valence-electron chi connectivity index (χ1n) is 10.9. The molecule has 34 heavy (non-hydrogen) atoms. The standard InChI is InChI=1S/C27H27FN2O4/c1-18(31)29-23(17-19-10-9-15-22(28)16-19)26(32)30-25(27(33)34-2)24(20-11-5-3-6-12-20)21-13-7-4-8-14-21/h3-16,23-25H,17H2,1-2H3,(H,29,31)(H,30,32)/t23-,25-/m0/s1. The maximum atomic E-state index is 13.7. The molecule has 176 valence electrons. The van der Waals surface area contributed by atoms with E-state index >= 15 is 0 Å². The van der Waals surface area contributed by atoms with Crippen LogP contribution in [0.5, 0.6) is 0 Å². The van der Waals surface area contributed by atoms with Gasteiger partial charge >= 0.3 is 5.97 Å². The van der Waals surface area contributed by atoms with Crippen LogP contribution in [0.3, 0.4) is 0 Å². The van der Waals surface area contributed by atoms with Gasteiger partial charge in [-0.3, -0.25) is 9.59 Å². The van der Waals surface area contributed by atoms with Crippen LogP contribution in [-0.4, -0.2) is 37.0 Å². The number of ether oxygens (including phenoxy) is 1. The zero-order valence-corrected chi connectivity index (χ0v) is 19.0. The highest BCUT2D eigenvalue weighted by Gasteiger charge is 2.35. The fraction of sp³-hybridized carbons (Fsp3) is 0.222. The molecule has 0 aliphatic rings. The Hall–Kier alpha value is -4.00. The smallest absolute Gasteiger partial charge is 0.329 e. The highest BCUT2D eigenvalue weighted by atomic mass is 19.1. The Bertz CT molecular complexity index is 1080. The minimum Gasteiger partial charge on any atom is -0.467 e. The van der Waals surface area contributed by atoms with Gasteiger partial charge in [-0.25, -0.2) is 9.18 Å². The van der Waals surface area contributed by atoms with Gasteiger partial charge in [0, 0.05) is 19.3 Å². The van der Waals surface area contributed by atoms with Crippen molar-refractivity contribution in [1.29, 1.82) is 0 Å². The number of benzene rings is 3. The molecular weight excluding hydrogens is 435 g/mol. The van der Waals surface area contributed by atoms with Crippen LogP contribution in [0.1, 0.15) is 29.5 Å². The van der Waals surface area contributed by atoms with Gasteiger partial charge in [0.1, 0.15) is 17.9 Å². The van der Waals surface area contributed by atoms with Gasteiger partial charge in [0.2, 0.25) is 11.8 Å². The second kappa shape index (κ2) is 11.7. The SMILES string of the molecule is COC(=O)[C@@H](NC(=O)[C@H](Cc1cccc(F)c1)NC(C)=O)C(c1ccccc1)c1ccccc1. The number of halogens is 1. The van der Waals surface area contributed by atoms with Gasteiger partial charge in [0.25, 0.3) is 0 Å². The molecule has 0 unspecified atom stereocenters. The molecule has 6 nitrogen and oxygen atoms in total. The number of hydrogen-bond donors (Lipinski definition) is 2. The van der Waals surface area contributed by atoms with Crippen LogP contribution >= 0.6 is 0 Å². The molecular formula is C27H27FN2O4. The van der Waals surface area contributed by atoms with Crippen LogP contribution in [-0.2, 0) is 25.5 Å². The molecule has 3 aromatic carbocycles. The summed E-state index contributed by atoms with van der Waals surface area (Å²) < 4.78 is 18.7. The Morgan fingerprint density at radius 3 is 1.94 bits per heavy atom. The molecule has 3 rings (SSSR count).